The molecule has 1 atom stereocenters. The Morgan fingerprint density at radius 2 is 1.79 bits per heavy atom. The number of hydrogen-bond donors (Lipinski definition) is 2. The van der Waals surface area contributed by atoms with Crippen LogP contribution in [0.4, 0.5) is 0 Å². The highest BCUT2D eigenvalue weighted by atomic mass is 15.3. The summed E-state index contributed by atoms with van der Waals surface area (Å²) in [6.45, 7) is 7.14. The number of allylic oxidation sites excluding steroid dienone is 1. The lowest BCUT2D eigenvalue weighted by atomic mass is 9.83. The van der Waals surface area contributed by atoms with Gasteiger partial charge in [0.25, 0.3) is 0 Å². The van der Waals surface area contributed by atoms with Crippen LogP contribution in [0.1, 0.15) is 65.2 Å². The molecule has 1 unspecified atom stereocenters. The lowest BCUT2D eigenvalue weighted by Crippen LogP contribution is -2.59. The van der Waals surface area contributed by atoms with Crippen molar-refractivity contribution in [3.05, 3.63) is 11.6 Å². The van der Waals surface area contributed by atoms with Gasteiger partial charge in [-0.05, 0) is 65.5 Å². The zero-order chi connectivity index (χ0) is 13.7. The Labute approximate surface area is 118 Å². The largest absolute Gasteiger partial charge is 0.296 e. The van der Waals surface area contributed by atoms with Crippen LogP contribution < -0.4 is 11.3 Å². The third-order valence-electron chi connectivity index (χ3n) is 4.99. The van der Waals surface area contributed by atoms with Gasteiger partial charge in [0.05, 0.1) is 6.04 Å². The molecule has 1 aliphatic carbocycles. The highest BCUT2D eigenvalue weighted by molar-refractivity contribution is 5.18. The van der Waals surface area contributed by atoms with Crippen molar-refractivity contribution in [1.82, 2.24) is 10.3 Å². The third-order valence-corrected chi connectivity index (χ3v) is 4.99. The maximum Gasteiger partial charge on any atom is 0.0598 e. The summed E-state index contributed by atoms with van der Waals surface area (Å²) in [5.41, 5.74) is 4.79. The summed E-state index contributed by atoms with van der Waals surface area (Å²) in [7, 11) is 0. The predicted octanol–water partition coefficient (Wildman–Crippen LogP) is 2.97. The molecule has 1 saturated heterocycles. The van der Waals surface area contributed by atoms with Crippen LogP contribution in [0.2, 0.25) is 0 Å². The normalized spacial score (nSPS) is 24.7. The van der Waals surface area contributed by atoms with Gasteiger partial charge in [-0.2, -0.15) is 0 Å². The van der Waals surface area contributed by atoms with E-state index in [9.17, 15) is 0 Å². The molecule has 0 saturated carbocycles. The highest BCUT2D eigenvalue weighted by Gasteiger charge is 2.37. The zero-order valence-corrected chi connectivity index (χ0v) is 12.8. The maximum absolute atomic E-state index is 5.93. The SMILES string of the molecule is CC(C)(C(NN)C1=CCCCCCC1)N1CCCC1. The summed E-state index contributed by atoms with van der Waals surface area (Å²) in [5.74, 6) is 5.93. The van der Waals surface area contributed by atoms with Crippen molar-refractivity contribution < 1.29 is 0 Å². The molecule has 0 bridgehead atoms. The van der Waals surface area contributed by atoms with E-state index in [0.29, 0.717) is 6.04 Å². The summed E-state index contributed by atoms with van der Waals surface area (Å²) in [6, 6.07) is 0.295. The summed E-state index contributed by atoms with van der Waals surface area (Å²) in [6.07, 6.45) is 13.0. The number of nitrogens with two attached hydrogens (primary N) is 1. The summed E-state index contributed by atoms with van der Waals surface area (Å²) < 4.78 is 0. The van der Waals surface area contributed by atoms with Gasteiger partial charge in [0.2, 0.25) is 0 Å². The quantitative estimate of drug-likeness (QED) is 0.466. The van der Waals surface area contributed by atoms with Gasteiger partial charge in [0, 0.05) is 5.54 Å². The van der Waals surface area contributed by atoms with Gasteiger partial charge in [-0.1, -0.05) is 24.5 Å². The fourth-order valence-electron chi connectivity index (χ4n) is 3.72. The Balaban J connectivity index is 2.12. The summed E-state index contributed by atoms with van der Waals surface area (Å²) in [4.78, 5) is 2.61. The first-order valence-corrected chi connectivity index (χ1v) is 8.06. The lowest BCUT2D eigenvalue weighted by molar-refractivity contribution is 0.119. The van der Waals surface area contributed by atoms with Crippen molar-refractivity contribution in [2.45, 2.75) is 76.8 Å². The van der Waals surface area contributed by atoms with E-state index < -0.39 is 0 Å². The molecule has 3 N–H and O–H groups in total. The molecule has 1 aliphatic heterocycles. The van der Waals surface area contributed by atoms with Crippen LogP contribution in [0, 0.1) is 0 Å². The monoisotopic (exact) mass is 265 g/mol. The topological polar surface area (TPSA) is 41.3 Å². The molecular weight excluding hydrogens is 234 g/mol. The highest BCUT2D eigenvalue weighted by Crippen LogP contribution is 2.31. The fourth-order valence-corrected chi connectivity index (χ4v) is 3.72. The Morgan fingerprint density at radius 1 is 1.11 bits per heavy atom. The van der Waals surface area contributed by atoms with Gasteiger partial charge in [-0.3, -0.25) is 16.2 Å². The fraction of sp³-hybridized carbons (Fsp3) is 0.875. The minimum absolute atomic E-state index is 0.121. The molecule has 0 aromatic heterocycles. The van der Waals surface area contributed by atoms with E-state index in [-0.39, 0.29) is 5.54 Å². The van der Waals surface area contributed by atoms with Crippen molar-refractivity contribution in [3.8, 4) is 0 Å². The van der Waals surface area contributed by atoms with Crippen molar-refractivity contribution in [3.63, 3.8) is 0 Å². The van der Waals surface area contributed by atoms with E-state index >= 15 is 0 Å². The van der Waals surface area contributed by atoms with Crippen LogP contribution >= 0.6 is 0 Å². The lowest BCUT2D eigenvalue weighted by Gasteiger charge is -2.43. The Bertz CT molecular complexity index is 303. The smallest absolute Gasteiger partial charge is 0.0598 e. The minimum Gasteiger partial charge on any atom is -0.296 e. The molecule has 2 aliphatic rings. The van der Waals surface area contributed by atoms with Crippen LogP contribution in [-0.2, 0) is 0 Å². The van der Waals surface area contributed by atoms with Gasteiger partial charge in [0.1, 0.15) is 0 Å². The van der Waals surface area contributed by atoms with Gasteiger partial charge < -0.3 is 0 Å². The first-order valence-electron chi connectivity index (χ1n) is 8.06. The van der Waals surface area contributed by atoms with Crippen molar-refractivity contribution >= 4 is 0 Å². The first-order chi connectivity index (χ1) is 9.16. The van der Waals surface area contributed by atoms with Crippen LogP contribution in [-0.4, -0.2) is 29.6 Å². The van der Waals surface area contributed by atoms with E-state index in [0.717, 1.165) is 0 Å². The van der Waals surface area contributed by atoms with Crippen molar-refractivity contribution in [1.29, 1.82) is 0 Å². The molecule has 3 heteroatoms. The Kier molecular flexibility index (Phi) is 5.43. The zero-order valence-electron chi connectivity index (χ0n) is 12.8. The molecule has 110 valence electrons. The molecule has 1 heterocycles. The minimum atomic E-state index is 0.121. The van der Waals surface area contributed by atoms with E-state index in [1.54, 1.807) is 5.57 Å². The molecule has 1 fully saturated rings. The second-order valence-corrected chi connectivity index (χ2v) is 6.68. The molecule has 19 heavy (non-hydrogen) atoms. The molecule has 0 aromatic rings. The van der Waals surface area contributed by atoms with Gasteiger partial charge in [-0.25, -0.2) is 0 Å². The van der Waals surface area contributed by atoms with E-state index in [2.05, 4.69) is 30.2 Å². The molecule has 2 rings (SSSR count). The van der Waals surface area contributed by atoms with Crippen LogP contribution in [0.15, 0.2) is 11.6 Å². The van der Waals surface area contributed by atoms with Crippen LogP contribution in [0.5, 0.6) is 0 Å². The molecule has 0 aromatic carbocycles. The Morgan fingerprint density at radius 3 is 2.47 bits per heavy atom. The van der Waals surface area contributed by atoms with E-state index in [1.807, 2.05) is 0 Å². The predicted molar refractivity (Wildman–Crippen MR) is 81.8 cm³/mol. The average Bonchev–Trinajstić information content (AvgIpc) is 2.86. The Hall–Kier alpha value is -0.380. The van der Waals surface area contributed by atoms with E-state index in [4.69, 9.17) is 5.84 Å². The van der Waals surface area contributed by atoms with E-state index in [1.165, 1.54) is 64.5 Å². The molecular formula is C16H31N3. The van der Waals surface area contributed by atoms with Crippen molar-refractivity contribution in [2.75, 3.05) is 13.1 Å². The number of nitrogens with one attached hydrogen (secondary N) is 1. The number of likely N-dealkylation sites (tertiary alicyclic amines) is 1. The number of nitrogens with zero attached hydrogens (tertiary/aromatic N) is 1. The van der Waals surface area contributed by atoms with Crippen LogP contribution in [0.3, 0.4) is 0 Å². The average molecular weight is 265 g/mol. The number of hydrazine groups is 1. The number of rotatable bonds is 4. The molecule has 0 radical (unpaired) electrons. The standard InChI is InChI=1S/C16H31N3/c1-16(2,19-12-8-9-13-19)15(18-17)14-10-6-4-3-5-7-11-14/h10,15,18H,3-9,11-13,17H2,1-2H3. The maximum atomic E-state index is 5.93. The second kappa shape index (κ2) is 6.87. The van der Waals surface area contributed by atoms with Gasteiger partial charge in [-0.15, -0.1) is 0 Å². The number of hydrogen-bond acceptors (Lipinski definition) is 3. The van der Waals surface area contributed by atoms with Gasteiger partial charge in [0.15, 0.2) is 0 Å². The summed E-state index contributed by atoms with van der Waals surface area (Å²) in [5, 5.41) is 0. The molecule has 3 nitrogen and oxygen atoms in total. The summed E-state index contributed by atoms with van der Waals surface area (Å²) >= 11 is 0. The second-order valence-electron chi connectivity index (χ2n) is 6.68. The molecule has 0 spiro atoms. The molecule has 0 amide bonds. The third kappa shape index (κ3) is 3.59. The van der Waals surface area contributed by atoms with Gasteiger partial charge >= 0.3 is 0 Å². The van der Waals surface area contributed by atoms with Crippen LogP contribution in [0.25, 0.3) is 0 Å². The first kappa shape index (κ1) is 15.0. The van der Waals surface area contributed by atoms with Crippen molar-refractivity contribution in [2.24, 2.45) is 5.84 Å².